The van der Waals surface area contributed by atoms with Gasteiger partial charge in [0, 0.05) is 27.5 Å². The van der Waals surface area contributed by atoms with Crippen LogP contribution in [0.25, 0.3) is 94.3 Å². The topological polar surface area (TPSA) is 61.0 Å². The third-order valence-electron chi connectivity index (χ3n) is 11.7. The second kappa shape index (κ2) is 13.0. The molecule has 0 saturated carbocycles. The van der Waals surface area contributed by atoms with Crippen molar-refractivity contribution in [1.82, 2.24) is 15.0 Å². The molecule has 8 aromatic carbocycles. The molecular weight excluding hydrogens is 711 g/mol. The molecule has 0 radical (unpaired) electrons. The number of para-hydroxylation sites is 2. The van der Waals surface area contributed by atoms with Crippen LogP contribution in [-0.2, 0) is 0 Å². The lowest BCUT2D eigenvalue weighted by atomic mass is 9.80. The van der Waals surface area contributed by atoms with Crippen molar-refractivity contribution < 1.29 is 9.15 Å². The molecule has 5 nitrogen and oxygen atoms in total. The van der Waals surface area contributed by atoms with Gasteiger partial charge in [0.15, 0.2) is 17.5 Å². The van der Waals surface area contributed by atoms with Gasteiger partial charge in [-0.25, -0.2) is 15.0 Å². The van der Waals surface area contributed by atoms with E-state index in [1.165, 1.54) is 27.5 Å². The first kappa shape index (κ1) is 32.6. The van der Waals surface area contributed by atoms with E-state index in [0.29, 0.717) is 17.5 Å². The molecule has 0 N–H and O–H groups in total. The molecule has 0 spiro atoms. The van der Waals surface area contributed by atoms with E-state index < -0.39 is 0 Å². The molecule has 2 aliphatic rings. The van der Waals surface area contributed by atoms with Gasteiger partial charge in [-0.1, -0.05) is 146 Å². The van der Waals surface area contributed by atoms with Crippen LogP contribution in [0.3, 0.4) is 0 Å². The first-order chi connectivity index (χ1) is 28.7. The first-order valence-corrected chi connectivity index (χ1v) is 19.7. The molecule has 5 heteroatoms. The monoisotopic (exact) mass is 743 g/mol. The minimum absolute atomic E-state index is 0.0693. The molecule has 2 atom stereocenters. The van der Waals surface area contributed by atoms with Gasteiger partial charge in [0.25, 0.3) is 0 Å². The maximum atomic E-state index is 6.66. The maximum Gasteiger partial charge on any atom is 0.167 e. The van der Waals surface area contributed by atoms with Crippen molar-refractivity contribution in [2.45, 2.75) is 12.0 Å². The van der Waals surface area contributed by atoms with Gasteiger partial charge in [0.2, 0.25) is 0 Å². The van der Waals surface area contributed by atoms with Crippen LogP contribution >= 0.6 is 0 Å². The number of rotatable bonds is 5. The number of aromatic nitrogens is 3. The molecule has 12 rings (SSSR count). The third kappa shape index (κ3) is 5.35. The van der Waals surface area contributed by atoms with Gasteiger partial charge in [0.05, 0.1) is 11.5 Å². The van der Waals surface area contributed by atoms with Gasteiger partial charge in [-0.05, 0) is 86.3 Å². The number of hydrogen-bond acceptors (Lipinski definition) is 5. The average molecular weight is 744 g/mol. The standard InChI is InChI=1S/C53H33N3O2/c1-2-11-34(12-3-1)51-54-52(56-53(55-51)45-17-8-16-43-42-14-6-7-18-46(42)58-50(43)45)39-25-22-33-21-24-38(29-40(33)30-39)41-15-9-19-47-49(41)44-27-26-37(31-48(44)57-47)36-23-20-32-10-4-5-13-35(32)28-36/h1-31,47,49H. The highest BCUT2D eigenvalue weighted by Gasteiger charge is 2.37. The Bertz CT molecular complexity index is 3340. The molecule has 3 heterocycles. The molecule has 2 unspecified atom stereocenters. The van der Waals surface area contributed by atoms with Gasteiger partial charge in [-0.15, -0.1) is 0 Å². The molecule has 2 aromatic heterocycles. The van der Waals surface area contributed by atoms with Gasteiger partial charge >= 0.3 is 0 Å². The molecule has 58 heavy (non-hydrogen) atoms. The van der Waals surface area contributed by atoms with E-state index in [1.807, 2.05) is 60.7 Å². The number of benzene rings is 8. The highest BCUT2D eigenvalue weighted by molar-refractivity contribution is 6.09. The van der Waals surface area contributed by atoms with Crippen molar-refractivity contribution in [2.24, 2.45) is 0 Å². The van der Waals surface area contributed by atoms with Crippen LogP contribution in [0.5, 0.6) is 5.75 Å². The summed E-state index contributed by atoms with van der Waals surface area (Å²) in [5.41, 5.74) is 10.2. The Morgan fingerprint density at radius 2 is 1.10 bits per heavy atom. The maximum absolute atomic E-state index is 6.66. The van der Waals surface area contributed by atoms with Crippen molar-refractivity contribution in [3.8, 4) is 51.0 Å². The van der Waals surface area contributed by atoms with Crippen molar-refractivity contribution >= 4 is 49.1 Å². The van der Waals surface area contributed by atoms with Gasteiger partial charge in [-0.2, -0.15) is 0 Å². The number of fused-ring (bicyclic) bond motifs is 8. The van der Waals surface area contributed by atoms with Crippen LogP contribution in [0.1, 0.15) is 17.0 Å². The average Bonchev–Trinajstić information content (AvgIpc) is 3.87. The van der Waals surface area contributed by atoms with E-state index >= 15 is 0 Å². The first-order valence-electron chi connectivity index (χ1n) is 19.7. The quantitative estimate of drug-likeness (QED) is 0.176. The lowest BCUT2D eigenvalue weighted by molar-refractivity contribution is 0.272. The second-order valence-electron chi connectivity index (χ2n) is 15.1. The zero-order valence-electron chi connectivity index (χ0n) is 31.2. The normalized spacial score (nSPS) is 15.8. The van der Waals surface area contributed by atoms with Gasteiger partial charge in [0.1, 0.15) is 23.0 Å². The summed E-state index contributed by atoms with van der Waals surface area (Å²) in [7, 11) is 0. The smallest absolute Gasteiger partial charge is 0.167 e. The van der Waals surface area contributed by atoms with Crippen LogP contribution in [-0.4, -0.2) is 21.1 Å². The Morgan fingerprint density at radius 1 is 0.448 bits per heavy atom. The lowest BCUT2D eigenvalue weighted by Crippen LogP contribution is -2.19. The molecule has 0 saturated heterocycles. The summed E-state index contributed by atoms with van der Waals surface area (Å²) in [4.78, 5) is 15.2. The second-order valence-corrected chi connectivity index (χ2v) is 15.1. The molecule has 272 valence electrons. The summed E-state index contributed by atoms with van der Waals surface area (Å²) < 4.78 is 13.1. The SMILES string of the molecule is C1=CC2Oc3cc(-c4ccc5ccccc5c4)ccc3C2C(c2ccc3ccc(-c4nc(-c5ccccc5)nc(-c5cccc6c5oc5ccccc56)n4)cc3c2)=C1. The van der Waals surface area contributed by atoms with E-state index in [9.17, 15) is 0 Å². The van der Waals surface area contributed by atoms with Gasteiger partial charge in [-0.3, -0.25) is 0 Å². The largest absolute Gasteiger partial charge is 0.485 e. The van der Waals surface area contributed by atoms with Crippen LogP contribution < -0.4 is 4.74 Å². The minimum atomic E-state index is -0.0693. The predicted molar refractivity (Wildman–Crippen MR) is 235 cm³/mol. The zero-order valence-corrected chi connectivity index (χ0v) is 31.2. The Labute approximate surface area is 334 Å². The van der Waals surface area contributed by atoms with Gasteiger partial charge < -0.3 is 9.15 Å². The number of allylic oxidation sites excluding steroid dienone is 2. The van der Waals surface area contributed by atoms with Crippen LogP contribution in [0.2, 0.25) is 0 Å². The fraction of sp³-hybridized carbons (Fsp3) is 0.0377. The summed E-state index contributed by atoms with van der Waals surface area (Å²) in [6.45, 7) is 0. The molecular formula is C53H33N3O2. The highest BCUT2D eigenvalue weighted by atomic mass is 16.5. The molecule has 1 aliphatic heterocycles. The Balaban J connectivity index is 0.932. The number of ether oxygens (including phenoxy) is 1. The summed E-state index contributed by atoms with van der Waals surface area (Å²) in [5.74, 6) is 2.81. The Morgan fingerprint density at radius 3 is 2.00 bits per heavy atom. The van der Waals surface area contributed by atoms with E-state index in [4.69, 9.17) is 24.1 Å². The van der Waals surface area contributed by atoms with E-state index in [0.717, 1.165) is 66.3 Å². The van der Waals surface area contributed by atoms with Crippen molar-refractivity contribution in [2.75, 3.05) is 0 Å². The molecule has 0 bridgehead atoms. The fourth-order valence-corrected chi connectivity index (χ4v) is 8.81. The number of furan rings is 1. The predicted octanol–water partition coefficient (Wildman–Crippen LogP) is 13.2. The lowest BCUT2D eigenvalue weighted by Gasteiger charge is -2.23. The Hall–Kier alpha value is -7.63. The fourth-order valence-electron chi connectivity index (χ4n) is 8.81. The molecule has 0 amide bonds. The molecule has 1 aliphatic carbocycles. The third-order valence-corrected chi connectivity index (χ3v) is 11.7. The summed E-state index contributed by atoms with van der Waals surface area (Å²) in [6, 6.07) is 59.4. The van der Waals surface area contributed by atoms with Crippen LogP contribution in [0.15, 0.2) is 193 Å². The van der Waals surface area contributed by atoms with Crippen molar-refractivity contribution in [1.29, 1.82) is 0 Å². The van der Waals surface area contributed by atoms with E-state index in [1.54, 1.807) is 0 Å². The van der Waals surface area contributed by atoms with Crippen LogP contribution in [0, 0.1) is 0 Å². The summed E-state index contributed by atoms with van der Waals surface area (Å²) >= 11 is 0. The molecule has 10 aromatic rings. The number of hydrogen-bond donors (Lipinski definition) is 0. The van der Waals surface area contributed by atoms with Crippen LogP contribution in [0.4, 0.5) is 0 Å². The Kier molecular flexibility index (Phi) is 7.29. The molecule has 0 fully saturated rings. The van der Waals surface area contributed by atoms with Crippen molar-refractivity contribution in [3.63, 3.8) is 0 Å². The van der Waals surface area contributed by atoms with E-state index in [-0.39, 0.29) is 12.0 Å². The number of nitrogens with zero attached hydrogens (tertiary/aromatic N) is 3. The summed E-state index contributed by atoms with van der Waals surface area (Å²) in [6.07, 6.45) is 6.48. The summed E-state index contributed by atoms with van der Waals surface area (Å²) in [5, 5.41) is 6.82. The highest BCUT2D eigenvalue weighted by Crippen LogP contribution is 2.49. The minimum Gasteiger partial charge on any atom is -0.485 e. The zero-order chi connectivity index (χ0) is 38.2. The van der Waals surface area contributed by atoms with Crippen molar-refractivity contribution in [3.05, 3.63) is 199 Å². The van der Waals surface area contributed by atoms with E-state index in [2.05, 4.69) is 127 Å².